The smallest absolute Gasteiger partial charge is 0.387 e. The summed E-state index contributed by atoms with van der Waals surface area (Å²) in [6.45, 7) is -2.83. The Morgan fingerprint density at radius 2 is 1.95 bits per heavy atom. The summed E-state index contributed by atoms with van der Waals surface area (Å²) in [5.41, 5.74) is -0.193. The minimum absolute atomic E-state index is 0.117. The zero-order valence-electron chi connectivity index (χ0n) is 10.4. The lowest BCUT2D eigenvalue weighted by atomic mass is 9.86. The Hall–Kier alpha value is -0.810. The lowest BCUT2D eigenvalue weighted by molar-refractivity contribution is -0.0504. The van der Waals surface area contributed by atoms with Crippen LogP contribution in [0.3, 0.4) is 0 Å². The predicted molar refractivity (Wildman–Crippen MR) is 70.6 cm³/mol. The minimum Gasteiger partial charge on any atom is -0.435 e. The van der Waals surface area contributed by atoms with Crippen molar-refractivity contribution in [3.63, 3.8) is 0 Å². The second-order valence-corrected chi connectivity index (χ2v) is 6.91. The average molecular weight is 286 g/mol. The molecule has 2 unspecified atom stereocenters. The van der Waals surface area contributed by atoms with Crippen molar-refractivity contribution in [1.82, 2.24) is 0 Å². The van der Waals surface area contributed by atoms with Crippen molar-refractivity contribution >= 4 is 11.8 Å². The lowest BCUT2D eigenvalue weighted by Crippen LogP contribution is -2.34. The van der Waals surface area contributed by atoms with E-state index in [0.29, 0.717) is 28.9 Å². The molecule has 2 heterocycles. The van der Waals surface area contributed by atoms with Crippen LogP contribution in [-0.4, -0.2) is 22.2 Å². The fourth-order valence-corrected chi connectivity index (χ4v) is 4.95. The zero-order valence-corrected chi connectivity index (χ0v) is 11.2. The van der Waals surface area contributed by atoms with Crippen LogP contribution in [0.2, 0.25) is 0 Å². The lowest BCUT2D eigenvalue weighted by Gasteiger charge is -2.36. The van der Waals surface area contributed by atoms with Gasteiger partial charge in [0.2, 0.25) is 0 Å². The maximum absolute atomic E-state index is 12.2. The summed E-state index contributed by atoms with van der Waals surface area (Å²) >= 11 is 1.95. The number of rotatable bonds is 3. The van der Waals surface area contributed by atoms with Crippen molar-refractivity contribution in [2.45, 2.75) is 48.4 Å². The molecule has 1 aromatic carbocycles. The Labute approximate surface area is 115 Å². The second-order valence-electron chi connectivity index (χ2n) is 5.30. The van der Waals surface area contributed by atoms with Gasteiger partial charge in [-0.1, -0.05) is 12.1 Å². The Balaban J connectivity index is 1.84. The summed E-state index contributed by atoms with van der Waals surface area (Å²) in [6.07, 6.45) is 3.69. The van der Waals surface area contributed by atoms with Crippen LogP contribution in [0.4, 0.5) is 8.78 Å². The van der Waals surface area contributed by atoms with Crippen LogP contribution in [0.1, 0.15) is 31.2 Å². The first-order chi connectivity index (χ1) is 9.05. The van der Waals surface area contributed by atoms with Gasteiger partial charge in [-0.3, -0.25) is 0 Å². The van der Waals surface area contributed by atoms with E-state index in [4.69, 9.17) is 0 Å². The van der Waals surface area contributed by atoms with Crippen LogP contribution in [0.15, 0.2) is 24.3 Å². The second kappa shape index (κ2) is 4.94. The highest BCUT2D eigenvalue weighted by Crippen LogP contribution is 2.51. The number of halogens is 2. The fourth-order valence-electron chi connectivity index (χ4n) is 3.11. The number of benzene rings is 1. The van der Waals surface area contributed by atoms with E-state index in [1.54, 1.807) is 18.2 Å². The van der Waals surface area contributed by atoms with Crippen molar-refractivity contribution in [3.8, 4) is 5.75 Å². The number of hydrogen-bond acceptors (Lipinski definition) is 3. The molecule has 3 rings (SSSR count). The van der Waals surface area contributed by atoms with E-state index in [-0.39, 0.29) is 5.75 Å². The molecule has 2 aliphatic rings. The normalized spacial score (nSPS) is 33.7. The van der Waals surface area contributed by atoms with Crippen LogP contribution in [-0.2, 0) is 5.60 Å². The van der Waals surface area contributed by atoms with Gasteiger partial charge in [-0.25, -0.2) is 0 Å². The van der Waals surface area contributed by atoms with E-state index in [0.717, 1.165) is 12.8 Å². The first kappa shape index (κ1) is 13.2. The molecule has 2 fully saturated rings. The molecule has 0 amide bonds. The first-order valence-corrected chi connectivity index (χ1v) is 7.43. The molecule has 2 bridgehead atoms. The van der Waals surface area contributed by atoms with E-state index in [9.17, 15) is 13.9 Å². The van der Waals surface area contributed by atoms with Gasteiger partial charge in [0.25, 0.3) is 0 Å². The number of thioether (sulfide) groups is 1. The highest BCUT2D eigenvalue weighted by atomic mass is 32.2. The summed E-state index contributed by atoms with van der Waals surface area (Å²) in [7, 11) is 0. The van der Waals surface area contributed by atoms with Gasteiger partial charge in [-0.2, -0.15) is 20.5 Å². The SMILES string of the molecule is OC1(c2cccc(OC(F)F)c2)CC2CCC(C1)S2. The molecule has 0 aliphatic carbocycles. The highest BCUT2D eigenvalue weighted by molar-refractivity contribution is 8.00. The van der Waals surface area contributed by atoms with Gasteiger partial charge in [0.05, 0.1) is 5.60 Å². The van der Waals surface area contributed by atoms with Crippen LogP contribution in [0.5, 0.6) is 5.75 Å². The molecule has 2 nitrogen and oxygen atoms in total. The molecular weight excluding hydrogens is 270 g/mol. The molecule has 0 spiro atoms. The van der Waals surface area contributed by atoms with Crippen molar-refractivity contribution in [1.29, 1.82) is 0 Å². The van der Waals surface area contributed by atoms with Crippen LogP contribution < -0.4 is 4.74 Å². The largest absolute Gasteiger partial charge is 0.435 e. The molecule has 5 heteroatoms. The topological polar surface area (TPSA) is 29.5 Å². The van der Waals surface area contributed by atoms with Crippen molar-refractivity contribution < 1.29 is 18.6 Å². The zero-order chi connectivity index (χ0) is 13.5. The third-order valence-electron chi connectivity index (χ3n) is 3.92. The van der Waals surface area contributed by atoms with E-state index >= 15 is 0 Å². The number of hydrogen-bond donors (Lipinski definition) is 1. The molecule has 2 atom stereocenters. The molecule has 0 saturated carbocycles. The molecular formula is C14H16F2O2S. The van der Waals surface area contributed by atoms with E-state index in [1.165, 1.54) is 6.07 Å². The maximum Gasteiger partial charge on any atom is 0.387 e. The Kier molecular flexibility index (Phi) is 3.43. The van der Waals surface area contributed by atoms with E-state index in [1.807, 2.05) is 11.8 Å². The monoisotopic (exact) mass is 286 g/mol. The summed E-state index contributed by atoms with van der Waals surface area (Å²) in [6, 6.07) is 6.50. The van der Waals surface area contributed by atoms with Gasteiger partial charge in [0.1, 0.15) is 5.75 Å². The molecule has 1 N–H and O–H groups in total. The van der Waals surface area contributed by atoms with Crippen molar-refractivity contribution in [2.75, 3.05) is 0 Å². The molecule has 104 valence electrons. The average Bonchev–Trinajstić information content (AvgIpc) is 2.69. The Morgan fingerprint density at radius 1 is 1.26 bits per heavy atom. The van der Waals surface area contributed by atoms with Gasteiger partial charge in [0, 0.05) is 10.5 Å². The van der Waals surface area contributed by atoms with Gasteiger partial charge < -0.3 is 9.84 Å². The van der Waals surface area contributed by atoms with E-state index < -0.39 is 12.2 Å². The summed E-state index contributed by atoms with van der Waals surface area (Å²) < 4.78 is 28.9. The van der Waals surface area contributed by atoms with Gasteiger partial charge in [-0.05, 0) is 43.4 Å². The number of alkyl halides is 2. The van der Waals surface area contributed by atoms with Crippen molar-refractivity contribution in [3.05, 3.63) is 29.8 Å². The predicted octanol–water partition coefficient (Wildman–Crippen LogP) is 3.53. The number of ether oxygens (including phenoxy) is 1. The minimum atomic E-state index is -2.83. The fraction of sp³-hybridized carbons (Fsp3) is 0.571. The first-order valence-electron chi connectivity index (χ1n) is 6.48. The van der Waals surface area contributed by atoms with Crippen molar-refractivity contribution in [2.24, 2.45) is 0 Å². The Morgan fingerprint density at radius 3 is 2.58 bits per heavy atom. The molecule has 19 heavy (non-hydrogen) atoms. The van der Waals surface area contributed by atoms with Gasteiger partial charge in [-0.15, -0.1) is 0 Å². The third kappa shape index (κ3) is 2.72. The molecule has 2 saturated heterocycles. The maximum atomic E-state index is 12.2. The number of aliphatic hydroxyl groups is 1. The van der Waals surface area contributed by atoms with Gasteiger partial charge in [0.15, 0.2) is 0 Å². The van der Waals surface area contributed by atoms with Crippen LogP contribution in [0, 0.1) is 0 Å². The van der Waals surface area contributed by atoms with E-state index in [2.05, 4.69) is 4.74 Å². The molecule has 2 aliphatic heterocycles. The highest BCUT2D eigenvalue weighted by Gasteiger charge is 2.44. The quantitative estimate of drug-likeness (QED) is 0.921. The molecule has 0 radical (unpaired) electrons. The van der Waals surface area contributed by atoms with Crippen LogP contribution in [0.25, 0.3) is 0 Å². The summed E-state index contributed by atoms with van der Waals surface area (Å²) in [5, 5.41) is 11.8. The number of fused-ring (bicyclic) bond motifs is 2. The van der Waals surface area contributed by atoms with Gasteiger partial charge >= 0.3 is 6.61 Å². The third-order valence-corrected chi connectivity index (χ3v) is 5.50. The standard InChI is InChI=1S/C14H16F2O2S/c15-13(16)18-10-3-1-2-9(6-10)14(17)7-11-4-5-12(8-14)19-11/h1-3,6,11-13,17H,4-5,7-8H2. The molecule has 1 aromatic rings. The Bertz CT molecular complexity index is 455. The summed E-state index contributed by atoms with van der Waals surface area (Å²) in [5.74, 6) is 0.117. The molecule has 0 aromatic heterocycles. The van der Waals surface area contributed by atoms with Crippen LogP contribution >= 0.6 is 11.8 Å². The summed E-state index contributed by atoms with van der Waals surface area (Å²) in [4.78, 5) is 0.